The van der Waals surface area contributed by atoms with Crippen LogP contribution in [0.2, 0.25) is 0 Å². The van der Waals surface area contributed by atoms with Crippen LogP contribution >= 0.6 is 11.8 Å². The highest BCUT2D eigenvalue weighted by atomic mass is 32.2. The van der Waals surface area contributed by atoms with E-state index in [1.807, 2.05) is 0 Å². The van der Waals surface area contributed by atoms with Crippen molar-refractivity contribution in [1.82, 2.24) is 10.0 Å². The predicted molar refractivity (Wildman–Crippen MR) is 69.4 cm³/mol. The monoisotopic (exact) mass is 265 g/mol. The molecule has 1 aliphatic heterocycles. The van der Waals surface area contributed by atoms with Gasteiger partial charge in [0, 0.05) is 18.3 Å². The minimum Gasteiger partial charge on any atom is -0.361 e. The number of rotatable bonds is 5. The van der Waals surface area contributed by atoms with Crippen LogP contribution in [0.4, 0.5) is 0 Å². The van der Waals surface area contributed by atoms with E-state index in [9.17, 15) is 8.42 Å². The van der Waals surface area contributed by atoms with Gasteiger partial charge >= 0.3 is 0 Å². The largest absolute Gasteiger partial charge is 0.361 e. The van der Waals surface area contributed by atoms with Gasteiger partial charge in [-0.05, 0) is 5.92 Å². The molecular weight excluding hydrogens is 246 g/mol. The van der Waals surface area contributed by atoms with Gasteiger partial charge in [0.05, 0.1) is 12.8 Å². The highest BCUT2D eigenvalue weighted by molar-refractivity contribution is 8.14. The van der Waals surface area contributed by atoms with Crippen LogP contribution in [0.25, 0.3) is 0 Å². The summed E-state index contributed by atoms with van der Waals surface area (Å²) in [6.07, 6.45) is 1.15. The number of amidine groups is 1. The third kappa shape index (κ3) is 5.18. The second kappa shape index (κ2) is 5.88. The van der Waals surface area contributed by atoms with Crippen molar-refractivity contribution < 1.29 is 8.42 Å². The van der Waals surface area contributed by atoms with Gasteiger partial charge < -0.3 is 5.32 Å². The molecular formula is C9H19N3O2S2. The molecule has 1 rings (SSSR count). The Morgan fingerprint density at radius 3 is 2.81 bits per heavy atom. The van der Waals surface area contributed by atoms with E-state index in [0.29, 0.717) is 25.0 Å². The van der Waals surface area contributed by atoms with Gasteiger partial charge in [0.15, 0.2) is 5.17 Å². The number of hydrogen-bond acceptors (Lipinski definition) is 4. The summed E-state index contributed by atoms with van der Waals surface area (Å²) in [5.74, 6) is 1.63. The van der Waals surface area contributed by atoms with Gasteiger partial charge in [-0.25, -0.2) is 13.1 Å². The van der Waals surface area contributed by atoms with Crippen LogP contribution < -0.4 is 10.0 Å². The molecule has 16 heavy (non-hydrogen) atoms. The van der Waals surface area contributed by atoms with Crippen molar-refractivity contribution in [3.63, 3.8) is 0 Å². The first-order valence-electron chi connectivity index (χ1n) is 5.27. The predicted octanol–water partition coefficient (Wildman–Crippen LogP) is 0.253. The number of nitrogens with zero attached hydrogens (tertiary/aromatic N) is 1. The fourth-order valence-electron chi connectivity index (χ4n) is 1.25. The number of hydrogen-bond donors (Lipinski definition) is 2. The van der Waals surface area contributed by atoms with Crippen LogP contribution in [0.5, 0.6) is 0 Å². The molecule has 2 N–H and O–H groups in total. The van der Waals surface area contributed by atoms with E-state index in [1.165, 1.54) is 0 Å². The number of nitrogens with one attached hydrogen (secondary N) is 2. The van der Waals surface area contributed by atoms with Crippen molar-refractivity contribution in [3.8, 4) is 0 Å². The first kappa shape index (κ1) is 13.8. The Labute approximate surface area is 102 Å². The van der Waals surface area contributed by atoms with Gasteiger partial charge in [0.2, 0.25) is 10.0 Å². The smallest absolute Gasteiger partial charge is 0.208 e. The van der Waals surface area contributed by atoms with E-state index in [-0.39, 0.29) is 0 Å². The van der Waals surface area contributed by atoms with Crippen molar-refractivity contribution in [2.24, 2.45) is 10.9 Å². The Hall–Kier alpha value is -0.270. The average molecular weight is 265 g/mol. The third-order valence-electron chi connectivity index (χ3n) is 2.24. The summed E-state index contributed by atoms with van der Waals surface area (Å²) >= 11 is 1.70. The quantitative estimate of drug-likeness (QED) is 0.699. The Morgan fingerprint density at radius 1 is 1.62 bits per heavy atom. The van der Waals surface area contributed by atoms with Crippen molar-refractivity contribution in [3.05, 3.63) is 0 Å². The molecule has 0 aliphatic carbocycles. The maximum atomic E-state index is 10.8. The fraction of sp³-hybridized carbons (Fsp3) is 0.889. The summed E-state index contributed by atoms with van der Waals surface area (Å²) in [4.78, 5) is 4.30. The highest BCUT2D eigenvalue weighted by Gasteiger charge is 2.22. The Balaban J connectivity index is 2.27. The van der Waals surface area contributed by atoms with Crippen molar-refractivity contribution in [2.75, 3.05) is 25.1 Å². The molecule has 1 unspecified atom stereocenters. The SMILES string of the molecule is CC(C)C1CSC(=NCCNS(C)(=O)=O)N1. The third-order valence-corrected chi connectivity index (χ3v) is 4.02. The standard InChI is InChI=1S/C9H19N3O2S2/c1-7(2)8-6-15-9(12-8)10-4-5-11-16(3,13)14/h7-8,11H,4-6H2,1-3H3,(H,10,12). The molecule has 0 aromatic rings. The second-order valence-corrected chi connectivity index (χ2v) is 7.00. The summed E-state index contributed by atoms with van der Waals surface area (Å²) in [6, 6.07) is 0.478. The number of aliphatic imine (C=N–C) groups is 1. The molecule has 5 nitrogen and oxygen atoms in total. The van der Waals surface area contributed by atoms with Gasteiger partial charge in [-0.1, -0.05) is 25.6 Å². The van der Waals surface area contributed by atoms with Gasteiger partial charge in [0.1, 0.15) is 0 Å². The topological polar surface area (TPSA) is 70.6 Å². The molecule has 0 aromatic carbocycles. The van der Waals surface area contributed by atoms with E-state index >= 15 is 0 Å². The summed E-state index contributed by atoms with van der Waals surface area (Å²) in [5.41, 5.74) is 0. The fourth-order valence-corrected chi connectivity index (χ4v) is 2.93. The van der Waals surface area contributed by atoms with Crippen LogP contribution in [-0.4, -0.2) is 44.7 Å². The average Bonchev–Trinajstić information content (AvgIpc) is 2.59. The molecule has 1 atom stereocenters. The van der Waals surface area contributed by atoms with Gasteiger partial charge in [-0.2, -0.15) is 0 Å². The molecule has 0 aromatic heterocycles. The maximum absolute atomic E-state index is 10.8. The van der Waals surface area contributed by atoms with Crippen molar-refractivity contribution >= 4 is 27.0 Å². The Morgan fingerprint density at radius 2 is 2.31 bits per heavy atom. The van der Waals surface area contributed by atoms with E-state index < -0.39 is 10.0 Å². The van der Waals surface area contributed by atoms with Gasteiger partial charge in [-0.3, -0.25) is 4.99 Å². The van der Waals surface area contributed by atoms with Crippen LogP contribution in [0.3, 0.4) is 0 Å². The van der Waals surface area contributed by atoms with E-state index in [4.69, 9.17) is 0 Å². The summed E-state index contributed by atoms with van der Waals surface area (Å²) < 4.78 is 24.0. The van der Waals surface area contributed by atoms with Crippen molar-refractivity contribution in [2.45, 2.75) is 19.9 Å². The molecule has 7 heteroatoms. The molecule has 1 saturated heterocycles. The molecule has 94 valence electrons. The molecule has 1 heterocycles. The Bertz CT molecular complexity index is 352. The highest BCUT2D eigenvalue weighted by Crippen LogP contribution is 2.18. The lowest BCUT2D eigenvalue weighted by molar-refractivity contribution is 0.503. The summed E-state index contributed by atoms with van der Waals surface area (Å²) in [7, 11) is -3.09. The first-order chi connectivity index (χ1) is 7.38. The van der Waals surface area contributed by atoms with Crippen LogP contribution in [-0.2, 0) is 10.0 Å². The molecule has 1 aliphatic rings. The van der Waals surface area contributed by atoms with E-state index in [0.717, 1.165) is 17.2 Å². The lowest BCUT2D eigenvalue weighted by Crippen LogP contribution is -2.32. The molecule has 0 bridgehead atoms. The minimum atomic E-state index is -3.09. The minimum absolute atomic E-state index is 0.358. The van der Waals surface area contributed by atoms with E-state index in [2.05, 4.69) is 28.9 Å². The molecule has 1 fully saturated rings. The lowest BCUT2D eigenvalue weighted by Gasteiger charge is -2.13. The molecule has 0 saturated carbocycles. The lowest BCUT2D eigenvalue weighted by atomic mass is 10.1. The number of thioether (sulfide) groups is 1. The summed E-state index contributed by atoms with van der Waals surface area (Å²) in [6.45, 7) is 5.18. The van der Waals surface area contributed by atoms with Gasteiger partial charge in [-0.15, -0.1) is 0 Å². The van der Waals surface area contributed by atoms with Crippen molar-refractivity contribution in [1.29, 1.82) is 0 Å². The van der Waals surface area contributed by atoms with E-state index in [1.54, 1.807) is 11.8 Å². The zero-order chi connectivity index (χ0) is 12.2. The maximum Gasteiger partial charge on any atom is 0.208 e. The first-order valence-corrected chi connectivity index (χ1v) is 8.14. The molecule has 0 amide bonds. The number of sulfonamides is 1. The molecule has 0 radical (unpaired) electrons. The second-order valence-electron chi connectivity index (χ2n) is 4.16. The normalized spacial score (nSPS) is 24.0. The molecule has 0 spiro atoms. The zero-order valence-corrected chi connectivity index (χ0v) is 11.5. The van der Waals surface area contributed by atoms with Crippen LogP contribution in [0.15, 0.2) is 4.99 Å². The van der Waals surface area contributed by atoms with Gasteiger partial charge in [0.25, 0.3) is 0 Å². The zero-order valence-electron chi connectivity index (χ0n) is 9.86. The summed E-state index contributed by atoms with van der Waals surface area (Å²) in [5, 5.41) is 4.25. The van der Waals surface area contributed by atoms with Crippen LogP contribution in [0, 0.1) is 5.92 Å². The Kier molecular flexibility index (Phi) is 5.07. The van der Waals surface area contributed by atoms with Crippen LogP contribution in [0.1, 0.15) is 13.8 Å².